The lowest BCUT2D eigenvalue weighted by molar-refractivity contribution is 0.221. The van der Waals surface area contributed by atoms with Crippen LogP contribution >= 0.6 is 7.60 Å². The summed E-state index contributed by atoms with van der Waals surface area (Å²) in [6, 6.07) is 0. The first-order chi connectivity index (χ1) is 11.7. The van der Waals surface area contributed by atoms with Gasteiger partial charge in [0.2, 0.25) is 0 Å². The van der Waals surface area contributed by atoms with Crippen LogP contribution in [0.5, 0.6) is 0 Å². The SMILES string of the molecule is CCCCCCCCCCC#CCOP(=O)(CCCC)OCCC. The van der Waals surface area contributed by atoms with Gasteiger partial charge in [0.15, 0.2) is 0 Å². The second-order valence-electron chi connectivity index (χ2n) is 6.37. The highest BCUT2D eigenvalue weighted by Gasteiger charge is 2.22. The van der Waals surface area contributed by atoms with E-state index in [4.69, 9.17) is 9.05 Å². The van der Waals surface area contributed by atoms with Crippen molar-refractivity contribution in [3.63, 3.8) is 0 Å². The predicted molar refractivity (Wildman–Crippen MR) is 105 cm³/mol. The second-order valence-corrected chi connectivity index (χ2v) is 8.56. The van der Waals surface area contributed by atoms with Crippen molar-refractivity contribution in [3.05, 3.63) is 0 Å². The molecular formula is C20H39O3P. The highest BCUT2D eigenvalue weighted by molar-refractivity contribution is 7.53. The fraction of sp³-hybridized carbons (Fsp3) is 0.900. The highest BCUT2D eigenvalue weighted by atomic mass is 31.2. The molecule has 0 rings (SSSR count). The third kappa shape index (κ3) is 15.3. The lowest BCUT2D eigenvalue weighted by Gasteiger charge is -2.16. The van der Waals surface area contributed by atoms with Crippen molar-refractivity contribution in [1.29, 1.82) is 0 Å². The van der Waals surface area contributed by atoms with E-state index in [2.05, 4.69) is 25.7 Å². The molecule has 0 aliphatic rings. The van der Waals surface area contributed by atoms with Gasteiger partial charge in [-0.25, -0.2) is 0 Å². The average molecular weight is 359 g/mol. The van der Waals surface area contributed by atoms with Gasteiger partial charge in [-0.2, -0.15) is 0 Å². The molecule has 0 spiro atoms. The van der Waals surface area contributed by atoms with Crippen molar-refractivity contribution < 1.29 is 13.6 Å². The summed E-state index contributed by atoms with van der Waals surface area (Å²) < 4.78 is 23.4. The van der Waals surface area contributed by atoms with E-state index < -0.39 is 7.60 Å². The van der Waals surface area contributed by atoms with Crippen LogP contribution in [0.3, 0.4) is 0 Å². The Bertz CT molecular complexity index is 359. The van der Waals surface area contributed by atoms with Gasteiger partial charge in [-0.05, 0) is 19.3 Å². The quantitative estimate of drug-likeness (QED) is 0.170. The fourth-order valence-corrected chi connectivity index (χ4v) is 4.12. The van der Waals surface area contributed by atoms with Crippen LogP contribution in [-0.2, 0) is 13.6 Å². The summed E-state index contributed by atoms with van der Waals surface area (Å²) in [5.74, 6) is 6.12. The van der Waals surface area contributed by atoms with Crippen molar-refractivity contribution in [2.75, 3.05) is 19.4 Å². The summed E-state index contributed by atoms with van der Waals surface area (Å²) in [6.45, 7) is 7.05. The first-order valence-electron chi connectivity index (χ1n) is 10.0. The van der Waals surface area contributed by atoms with Crippen molar-refractivity contribution in [2.24, 2.45) is 0 Å². The second kappa shape index (κ2) is 17.5. The summed E-state index contributed by atoms with van der Waals surface area (Å²) in [5.41, 5.74) is 0. The third-order valence-corrected chi connectivity index (χ3v) is 5.85. The molecular weight excluding hydrogens is 319 g/mol. The maximum atomic E-state index is 12.5. The summed E-state index contributed by atoms with van der Waals surface area (Å²) >= 11 is 0. The maximum absolute atomic E-state index is 12.5. The largest absolute Gasteiger partial charge is 0.331 e. The highest BCUT2D eigenvalue weighted by Crippen LogP contribution is 2.48. The van der Waals surface area contributed by atoms with Crippen LogP contribution in [0.25, 0.3) is 0 Å². The van der Waals surface area contributed by atoms with E-state index >= 15 is 0 Å². The van der Waals surface area contributed by atoms with Gasteiger partial charge in [-0.3, -0.25) is 9.09 Å². The molecule has 1 unspecified atom stereocenters. The molecule has 0 bridgehead atoms. The summed E-state index contributed by atoms with van der Waals surface area (Å²) in [4.78, 5) is 0. The molecule has 4 heteroatoms. The molecule has 0 heterocycles. The fourth-order valence-electron chi connectivity index (χ4n) is 2.37. The Morgan fingerprint density at radius 1 is 0.708 bits per heavy atom. The van der Waals surface area contributed by atoms with E-state index in [-0.39, 0.29) is 6.61 Å². The van der Waals surface area contributed by atoms with Gasteiger partial charge >= 0.3 is 7.60 Å². The molecule has 0 radical (unpaired) electrons. The first kappa shape index (κ1) is 23.7. The Morgan fingerprint density at radius 3 is 1.96 bits per heavy atom. The average Bonchev–Trinajstić information content (AvgIpc) is 2.59. The van der Waals surface area contributed by atoms with E-state index in [0.29, 0.717) is 12.8 Å². The zero-order valence-electron chi connectivity index (χ0n) is 16.3. The molecule has 3 nitrogen and oxygen atoms in total. The number of hydrogen-bond donors (Lipinski definition) is 0. The molecule has 24 heavy (non-hydrogen) atoms. The van der Waals surface area contributed by atoms with Crippen LogP contribution in [-0.4, -0.2) is 19.4 Å². The lowest BCUT2D eigenvalue weighted by Crippen LogP contribution is -2.01. The van der Waals surface area contributed by atoms with Crippen molar-refractivity contribution in [2.45, 2.75) is 97.8 Å². The molecule has 0 aromatic rings. The topological polar surface area (TPSA) is 35.5 Å². The van der Waals surface area contributed by atoms with Gasteiger partial charge in [0.05, 0.1) is 12.8 Å². The van der Waals surface area contributed by atoms with Gasteiger partial charge < -0.3 is 4.52 Å². The molecule has 0 aliphatic carbocycles. The normalized spacial score (nSPS) is 13.3. The molecule has 0 saturated heterocycles. The van der Waals surface area contributed by atoms with Crippen LogP contribution < -0.4 is 0 Å². The van der Waals surface area contributed by atoms with Crippen LogP contribution in [0.1, 0.15) is 97.8 Å². The van der Waals surface area contributed by atoms with Crippen molar-refractivity contribution in [3.8, 4) is 11.8 Å². The minimum absolute atomic E-state index is 0.224. The van der Waals surface area contributed by atoms with Gasteiger partial charge in [-0.15, -0.1) is 5.92 Å². The van der Waals surface area contributed by atoms with Gasteiger partial charge in [-0.1, -0.05) is 78.1 Å². The molecule has 0 N–H and O–H groups in total. The van der Waals surface area contributed by atoms with Gasteiger partial charge in [0, 0.05) is 6.42 Å². The third-order valence-electron chi connectivity index (χ3n) is 3.89. The Morgan fingerprint density at radius 2 is 1.33 bits per heavy atom. The monoisotopic (exact) mass is 358 g/mol. The van der Waals surface area contributed by atoms with Crippen molar-refractivity contribution >= 4 is 7.60 Å². The van der Waals surface area contributed by atoms with Crippen molar-refractivity contribution in [1.82, 2.24) is 0 Å². The Hall–Kier alpha value is -0.290. The van der Waals surface area contributed by atoms with Crippen LogP contribution in [0.15, 0.2) is 0 Å². The van der Waals surface area contributed by atoms with Crippen LogP contribution in [0, 0.1) is 11.8 Å². The zero-order valence-corrected chi connectivity index (χ0v) is 17.2. The van der Waals surface area contributed by atoms with Gasteiger partial charge in [0.25, 0.3) is 0 Å². The summed E-state index contributed by atoms with van der Waals surface area (Å²) in [7, 11) is -2.93. The smallest absolute Gasteiger partial charge is 0.309 e. The number of unbranched alkanes of at least 4 members (excludes halogenated alkanes) is 9. The molecule has 0 aromatic carbocycles. The van der Waals surface area contributed by atoms with E-state index in [1.54, 1.807) is 0 Å². The van der Waals surface area contributed by atoms with Crippen LogP contribution in [0.2, 0.25) is 0 Å². The summed E-state index contributed by atoms with van der Waals surface area (Å²) in [6.07, 6.45) is 14.6. The molecule has 1 atom stereocenters. The first-order valence-corrected chi connectivity index (χ1v) is 11.7. The Balaban J connectivity index is 3.72. The zero-order chi connectivity index (χ0) is 17.9. The van der Waals surface area contributed by atoms with E-state index in [0.717, 1.165) is 32.1 Å². The molecule has 0 amide bonds. The van der Waals surface area contributed by atoms with Gasteiger partial charge in [0.1, 0.15) is 6.61 Å². The summed E-state index contributed by atoms with van der Waals surface area (Å²) in [5, 5.41) is 0. The minimum atomic E-state index is -2.93. The van der Waals surface area contributed by atoms with E-state index in [1.165, 1.54) is 44.9 Å². The van der Waals surface area contributed by atoms with E-state index in [1.807, 2.05) is 6.92 Å². The molecule has 0 aliphatic heterocycles. The molecule has 0 aromatic heterocycles. The standard InChI is InChI=1S/C20H39O3P/c1-4-7-9-10-11-12-13-14-15-16-17-19-23-24(21,20-8-5-2)22-18-6-3/h4-15,18-20H2,1-3H3. The molecule has 0 fully saturated rings. The number of hydrogen-bond acceptors (Lipinski definition) is 3. The predicted octanol–water partition coefficient (Wildman–Crippen LogP) is 6.96. The molecule has 0 saturated carbocycles. The maximum Gasteiger partial charge on any atom is 0.331 e. The lowest BCUT2D eigenvalue weighted by atomic mass is 10.1. The Kier molecular flexibility index (Phi) is 17.3. The minimum Gasteiger partial charge on any atom is -0.309 e. The van der Waals surface area contributed by atoms with E-state index in [9.17, 15) is 4.57 Å². The number of rotatable bonds is 16. The molecule has 142 valence electrons. The van der Waals surface area contributed by atoms with Crippen LogP contribution in [0.4, 0.5) is 0 Å². The Labute approximate surface area is 150 Å².